The molecule has 1 amide bonds. The quantitative estimate of drug-likeness (QED) is 0.600. The summed E-state index contributed by atoms with van der Waals surface area (Å²) in [6.45, 7) is 3.72. The molecule has 0 saturated carbocycles. The zero-order valence-corrected chi connectivity index (χ0v) is 11.0. The van der Waals surface area contributed by atoms with Crippen molar-refractivity contribution < 1.29 is 14.6 Å². The van der Waals surface area contributed by atoms with Gasteiger partial charge in [-0.3, -0.25) is 25.0 Å². The molecule has 1 aromatic carbocycles. The summed E-state index contributed by atoms with van der Waals surface area (Å²) in [6, 6.07) is 2.51. The number of anilines is 1. The van der Waals surface area contributed by atoms with Gasteiger partial charge in [-0.05, 0) is 19.9 Å². The van der Waals surface area contributed by atoms with Crippen LogP contribution in [0.1, 0.15) is 13.8 Å². The highest BCUT2D eigenvalue weighted by atomic mass is 16.6. The van der Waals surface area contributed by atoms with Gasteiger partial charge in [0.15, 0.2) is 0 Å². The predicted molar refractivity (Wildman–Crippen MR) is 71.5 cm³/mol. The van der Waals surface area contributed by atoms with Crippen LogP contribution in [-0.2, 0) is 4.79 Å². The van der Waals surface area contributed by atoms with Gasteiger partial charge in [-0.25, -0.2) is 0 Å². The molecule has 20 heavy (non-hydrogen) atoms. The minimum Gasteiger partial charge on any atom is -0.368 e. The zero-order chi connectivity index (χ0) is 15.3. The van der Waals surface area contributed by atoms with Crippen LogP contribution in [0.4, 0.5) is 17.1 Å². The molecule has 0 fully saturated rings. The van der Waals surface area contributed by atoms with Crippen LogP contribution in [0.25, 0.3) is 0 Å². The highest BCUT2D eigenvalue weighted by molar-refractivity contribution is 5.85. The van der Waals surface area contributed by atoms with Crippen molar-refractivity contribution in [1.29, 1.82) is 0 Å². The lowest BCUT2D eigenvalue weighted by molar-refractivity contribution is -0.393. The summed E-state index contributed by atoms with van der Waals surface area (Å²) in [5.41, 5.74) is -0.775. The number of hydrogen-bond acceptors (Lipinski definition) is 6. The molecule has 0 aromatic heterocycles. The number of nitro benzene ring substituents is 2. The van der Waals surface area contributed by atoms with Gasteiger partial charge < -0.3 is 10.6 Å². The number of nitro groups is 2. The van der Waals surface area contributed by atoms with Crippen molar-refractivity contribution in [2.75, 3.05) is 11.9 Å². The Morgan fingerprint density at radius 2 is 1.95 bits per heavy atom. The van der Waals surface area contributed by atoms with Crippen LogP contribution in [0.2, 0.25) is 0 Å². The van der Waals surface area contributed by atoms with Gasteiger partial charge in [-0.1, -0.05) is 0 Å². The van der Waals surface area contributed by atoms with Crippen molar-refractivity contribution >= 4 is 23.0 Å². The molecule has 1 atom stereocenters. The largest absolute Gasteiger partial charge is 0.368 e. The molecule has 0 heterocycles. The van der Waals surface area contributed by atoms with Crippen LogP contribution in [0.5, 0.6) is 0 Å². The fourth-order valence-electron chi connectivity index (χ4n) is 1.53. The van der Waals surface area contributed by atoms with Gasteiger partial charge in [0.25, 0.3) is 11.4 Å². The minimum atomic E-state index is -0.736. The lowest BCUT2D eigenvalue weighted by Crippen LogP contribution is -2.37. The molecule has 0 saturated heterocycles. The summed E-state index contributed by atoms with van der Waals surface area (Å²) in [4.78, 5) is 31.6. The van der Waals surface area contributed by atoms with E-state index in [1.165, 1.54) is 13.0 Å². The Balaban J connectivity index is 3.03. The van der Waals surface area contributed by atoms with Crippen molar-refractivity contribution in [2.24, 2.45) is 0 Å². The Kier molecular flexibility index (Phi) is 4.95. The number of carbonyl (C=O) groups excluding carboxylic acids is 1. The molecule has 0 spiro atoms. The standard InChI is InChI=1S/C11H14N4O5/c1-3-12-11(16)7(2)13-9-5-4-8(14(17)18)6-10(9)15(19)20/h4-7,13H,3H2,1-2H3,(H,12,16). The summed E-state index contributed by atoms with van der Waals surface area (Å²) in [5, 5.41) is 26.7. The van der Waals surface area contributed by atoms with E-state index < -0.39 is 21.6 Å². The van der Waals surface area contributed by atoms with E-state index >= 15 is 0 Å². The number of benzene rings is 1. The van der Waals surface area contributed by atoms with Crippen LogP contribution in [-0.4, -0.2) is 28.3 Å². The first-order chi connectivity index (χ1) is 9.36. The molecular weight excluding hydrogens is 268 g/mol. The number of nitrogens with one attached hydrogen (secondary N) is 2. The van der Waals surface area contributed by atoms with Gasteiger partial charge in [-0.15, -0.1) is 0 Å². The number of non-ortho nitro benzene ring substituents is 1. The predicted octanol–water partition coefficient (Wildman–Crippen LogP) is 1.44. The monoisotopic (exact) mass is 282 g/mol. The number of rotatable bonds is 6. The Morgan fingerprint density at radius 1 is 1.30 bits per heavy atom. The third-order valence-corrected chi connectivity index (χ3v) is 2.51. The molecule has 0 bridgehead atoms. The van der Waals surface area contributed by atoms with E-state index in [-0.39, 0.29) is 17.3 Å². The summed E-state index contributed by atoms with van der Waals surface area (Å²) >= 11 is 0. The second-order valence-electron chi connectivity index (χ2n) is 3.98. The molecule has 0 radical (unpaired) electrons. The van der Waals surface area contributed by atoms with E-state index in [4.69, 9.17) is 0 Å². The summed E-state index contributed by atoms with van der Waals surface area (Å²) in [7, 11) is 0. The molecule has 1 unspecified atom stereocenters. The Labute approximate surface area is 114 Å². The van der Waals surface area contributed by atoms with E-state index in [1.807, 2.05) is 0 Å². The highest BCUT2D eigenvalue weighted by Crippen LogP contribution is 2.29. The van der Waals surface area contributed by atoms with Crippen LogP contribution in [0.15, 0.2) is 18.2 Å². The van der Waals surface area contributed by atoms with Gasteiger partial charge in [0.2, 0.25) is 5.91 Å². The molecule has 0 aliphatic rings. The number of nitrogens with zero attached hydrogens (tertiary/aromatic N) is 2. The molecule has 0 aliphatic heterocycles. The summed E-state index contributed by atoms with van der Waals surface area (Å²) < 4.78 is 0. The molecule has 0 aliphatic carbocycles. The fraction of sp³-hybridized carbons (Fsp3) is 0.364. The number of hydrogen-bond donors (Lipinski definition) is 2. The van der Waals surface area contributed by atoms with Gasteiger partial charge in [0.1, 0.15) is 11.7 Å². The fourth-order valence-corrected chi connectivity index (χ4v) is 1.53. The van der Waals surface area contributed by atoms with Crippen molar-refractivity contribution in [3.8, 4) is 0 Å². The van der Waals surface area contributed by atoms with Crippen LogP contribution >= 0.6 is 0 Å². The average Bonchev–Trinajstić information content (AvgIpc) is 2.38. The smallest absolute Gasteiger partial charge is 0.299 e. The van der Waals surface area contributed by atoms with Crippen molar-refractivity contribution in [3.63, 3.8) is 0 Å². The van der Waals surface area contributed by atoms with E-state index in [2.05, 4.69) is 10.6 Å². The number of carbonyl (C=O) groups is 1. The Morgan fingerprint density at radius 3 is 2.45 bits per heavy atom. The molecule has 1 rings (SSSR count). The molecule has 1 aromatic rings. The zero-order valence-electron chi connectivity index (χ0n) is 11.0. The first-order valence-corrected chi connectivity index (χ1v) is 5.84. The van der Waals surface area contributed by atoms with Gasteiger partial charge >= 0.3 is 0 Å². The van der Waals surface area contributed by atoms with Gasteiger partial charge in [0.05, 0.1) is 15.9 Å². The van der Waals surface area contributed by atoms with E-state index in [1.54, 1.807) is 6.92 Å². The normalized spacial score (nSPS) is 11.5. The second-order valence-corrected chi connectivity index (χ2v) is 3.98. The second kappa shape index (κ2) is 6.45. The maximum Gasteiger partial charge on any atom is 0.299 e. The van der Waals surface area contributed by atoms with Gasteiger partial charge in [-0.2, -0.15) is 0 Å². The van der Waals surface area contributed by atoms with E-state index in [9.17, 15) is 25.0 Å². The first-order valence-electron chi connectivity index (χ1n) is 5.84. The van der Waals surface area contributed by atoms with Crippen molar-refractivity contribution in [3.05, 3.63) is 38.4 Å². The van der Waals surface area contributed by atoms with Crippen LogP contribution in [0, 0.1) is 20.2 Å². The SMILES string of the molecule is CCNC(=O)C(C)Nc1ccc([N+](=O)[O-])cc1[N+](=O)[O-]. The highest BCUT2D eigenvalue weighted by Gasteiger charge is 2.22. The Hall–Kier alpha value is -2.71. The van der Waals surface area contributed by atoms with Crippen LogP contribution in [0.3, 0.4) is 0 Å². The molecular formula is C11H14N4O5. The van der Waals surface area contributed by atoms with Crippen molar-refractivity contribution in [1.82, 2.24) is 5.32 Å². The minimum absolute atomic E-state index is 0.0550. The van der Waals surface area contributed by atoms with Crippen LogP contribution < -0.4 is 10.6 Å². The third kappa shape index (κ3) is 3.64. The first kappa shape index (κ1) is 15.3. The molecule has 9 nitrogen and oxygen atoms in total. The van der Waals surface area contributed by atoms with E-state index in [0.29, 0.717) is 6.54 Å². The Bertz CT molecular complexity index is 546. The lowest BCUT2D eigenvalue weighted by atomic mass is 10.2. The maximum atomic E-state index is 11.6. The summed E-state index contributed by atoms with van der Waals surface area (Å²) in [6.07, 6.45) is 0. The summed E-state index contributed by atoms with van der Waals surface area (Å²) in [5.74, 6) is -0.319. The molecule has 108 valence electrons. The molecule has 2 N–H and O–H groups in total. The lowest BCUT2D eigenvalue weighted by Gasteiger charge is -2.14. The van der Waals surface area contributed by atoms with Gasteiger partial charge in [0, 0.05) is 12.6 Å². The topological polar surface area (TPSA) is 127 Å². The molecule has 9 heteroatoms. The average molecular weight is 282 g/mol. The van der Waals surface area contributed by atoms with E-state index in [0.717, 1.165) is 12.1 Å². The van der Waals surface area contributed by atoms with Crippen molar-refractivity contribution in [2.45, 2.75) is 19.9 Å². The maximum absolute atomic E-state index is 11.6. The number of likely N-dealkylation sites (N-methyl/N-ethyl adjacent to an activating group) is 1. The third-order valence-electron chi connectivity index (χ3n) is 2.51. The number of amides is 1.